The van der Waals surface area contributed by atoms with Gasteiger partial charge in [0.05, 0.1) is 12.0 Å². The molecule has 6 heteroatoms. The van der Waals surface area contributed by atoms with E-state index < -0.39 is 10.9 Å². The maximum absolute atomic E-state index is 11.7. The first-order valence-corrected chi connectivity index (χ1v) is 6.81. The van der Waals surface area contributed by atoms with Gasteiger partial charge in [0, 0.05) is 18.2 Å². The van der Waals surface area contributed by atoms with Crippen LogP contribution in [0.4, 0.5) is 5.69 Å². The maximum Gasteiger partial charge on any atom is 0.331 e. The van der Waals surface area contributed by atoms with Crippen LogP contribution in [0.3, 0.4) is 0 Å². The Morgan fingerprint density at radius 1 is 1.22 bits per heavy atom. The zero-order valence-corrected chi connectivity index (χ0v) is 12.5. The van der Waals surface area contributed by atoms with E-state index in [-0.39, 0.29) is 12.3 Å². The number of carbonyl (C=O) groups is 1. The Hall–Kier alpha value is -3.15. The normalized spacial score (nSPS) is 10.5. The molecule has 2 aromatic carbocycles. The van der Waals surface area contributed by atoms with Crippen LogP contribution < -0.4 is 4.74 Å². The fourth-order valence-electron chi connectivity index (χ4n) is 1.83. The molecule has 118 valence electrons. The summed E-state index contributed by atoms with van der Waals surface area (Å²) in [5.74, 6) is 0.206. The number of nitrogens with zero attached hydrogens (tertiary/aromatic N) is 1. The highest BCUT2D eigenvalue weighted by atomic mass is 16.6. The molecule has 6 nitrogen and oxygen atoms in total. The number of nitro groups is 1. The van der Waals surface area contributed by atoms with Gasteiger partial charge in [-0.1, -0.05) is 24.3 Å². The quantitative estimate of drug-likeness (QED) is 0.353. The average Bonchev–Trinajstić information content (AvgIpc) is 2.58. The molecule has 0 aromatic heterocycles. The Kier molecular flexibility index (Phi) is 5.46. The van der Waals surface area contributed by atoms with Gasteiger partial charge in [-0.2, -0.15) is 0 Å². The van der Waals surface area contributed by atoms with Crippen LogP contribution in [0.15, 0.2) is 54.6 Å². The van der Waals surface area contributed by atoms with Crippen LogP contribution in [0.25, 0.3) is 6.08 Å². The van der Waals surface area contributed by atoms with E-state index in [4.69, 9.17) is 9.47 Å². The summed E-state index contributed by atoms with van der Waals surface area (Å²) in [5.41, 5.74) is 1.36. The molecular formula is C17H15NO5. The second-order valence-electron chi connectivity index (χ2n) is 4.64. The molecule has 2 rings (SSSR count). The summed E-state index contributed by atoms with van der Waals surface area (Å²) in [5, 5.41) is 10.7. The lowest BCUT2D eigenvalue weighted by molar-refractivity contribution is -0.384. The Bertz CT molecular complexity index is 722. The van der Waals surface area contributed by atoms with Gasteiger partial charge < -0.3 is 9.47 Å². The maximum atomic E-state index is 11.7. The van der Waals surface area contributed by atoms with Gasteiger partial charge >= 0.3 is 5.97 Å². The number of esters is 1. The number of benzene rings is 2. The highest BCUT2D eigenvalue weighted by molar-refractivity contribution is 5.87. The zero-order chi connectivity index (χ0) is 16.7. The van der Waals surface area contributed by atoms with E-state index in [1.165, 1.54) is 24.3 Å². The van der Waals surface area contributed by atoms with Crippen molar-refractivity contribution in [2.45, 2.75) is 6.61 Å². The Balaban J connectivity index is 1.91. The number of ether oxygens (including phenoxy) is 2. The summed E-state index contributed by atoms with van der Waals surface area (Å²) in [7, 11) is 1.58. The molecule has 0 aliphatic rings. The molecule has 0 saturated carbocycles. The monoisotopic (exact) mass is 313 g/mol. The number of carbonyl (C=O) groups excluding carboxylic acids is 1. The van der Waals surface area contributed by atoms with Crippen LogP contribution in [-0.4, -0.2) is 18.0 Å². The molecule has 0 aliphatic heterocycles. The first kappa shape index (κ1) is 16.2. The van der Waals surface area contributed by atoms with Crippen LogP contribution in [0.2, 0.25) is 0 Å². The number of hydrogen-bond donors (Lipinski definition) is 0. The van der Waals surface area contributed by atoms with Crippen molar-refractivity contribution >= 4 is 17.7 Å². The molecule has 0 saturated heterocycles. The van der Waals surface area contributed by atoms with Gasteiger partial charge in [-0.25, -0.2) is 4.79 Å². The minimum absolute atomic E-state index is 0.0289. The van der Waals surface area contributed by atoms with Crippen molar-refractivity contribution in [2.24, 2.45) is 0 Å². The molecule has 0 aliphatic carbocycles. The summed E-state index contributed by atoms with van der Waals surface area (Å²) >= 11 is 0. The molecular weight excluding hydrogens is 298 g/mol. The lowest BCUT2D eigenvalue weighted by Crippen LogP contribution is -2.00. The number of methoxy groups -OCH3 is 1. The smallest absolute Gasteiger partial charge is 0.331 e. The van der Waals surface area contributed by atoms with Crippen molar-refractivity contribution in [3.63, 3.8) is 0 Å². The second-order valence-corrected chi connectivity index (χ2v) is 4.64. The SMILES string of the molecule is COc1ccc(COC(=O)/C=C/c2cccc([N+](=O)[O-])c2)cc1. The number of nitro benzene ring substituents is 1. The van der Waals surface area contributed by atoms with Crippen molar-refractivity contribution < 1.29 is 19.2 Å². The van der Waals surface area contributed by atoms with Gasteiger partial charge in [-0.05, 0) is 29.3 Å². The zero-order valence-electron chi connectivity index (χ0n) is 12.5. The predicted octanol–water partition coefficient (Wildman–Crippen LogP) is 3.36. The van der Waals surface area contributed by atoms with Gasteiger partial charge in [0.15, 0.2) is 0 Å². The van der Waals surface area contributed by atoms with Crippen LogP contribution in [-0.2, 0) is 16.1 Å². The third-order valence-corrected chi connectivity index (χ3v) is 3.03. The van der Waals surface area contributed by atoms with Crippen molar-refractivity contribution in [2.75, 3.05) is 7.11 Å². The molecule has 2 aromatic rings. The van der Waals surface area contributed by atoms with Crippen LogP contribution >= 0.6 is 0 Å². The van der Waals surface area contributed by atoms with E-state index in [1.54, 1.807) is 43.5 Å². The molecule has 0 bridgehead atoms. The molecule has 0 fully saturated rings. The number of rotatable bonds is 6. The topological polar surface area (TPSA) is 78.7 Å². The fourth-order valence-corrected chi connectivity index (χ4v) is 1.83. The van der Waals surface area contributed by atoms with Crippen molar-refractivity contribution in [1.82, 2.24) is 0 Å². The van der Waals surface area contributed by atoms with Gasteiger partial charge in [0.2, 0.25) is 0 Å². The number of non-ortho nitro benzene ring substituents is 1. The summed E-state index contributed by atoms with van der Waals surface area (Å²) in [4.78, 5) is 21.9. The Morgan fingerprint density at radius 3 is 2.61 bits per heavy atom. The lowest BCUT2D eigenvalue weighted by atomic mass is 10.2. The molecule has 0 spiro atoms. The van der Waals surface area contributed by atoms with E-state index >= 15 is 0 Å². The highest BCUT2D eigenvalue weighted by Gasteiger charge is 2.04. The highest BCUT2D eigenvalue weighted by Crippen LogP contribution is 2.15. The van der Waals surface area contributed by atoms with E-state index in [0.29, 0.717) is 5.56 Å². The van der Waals surface area contributed by atoms with Crippen molar-refractivity contribution in [3.05, 3.63) is 75.8 Å². The fraction of sp³-hybridized carbons (Fsp3) is 0.118. The molecule has 0 amide bonds. The summed E-state index contributed by atoms with van der Waals surface area (Å²) < 4.78 is 10.1. The molecule has 0 atom stereocenters. The average molecular weight is 313 g/mol. The summed E-state index contributed by atoms with van der Waals surface area (Å²) in [6, 6.07) is 13.2. The van der Waals surface area contributed by atoms with Gasteiger partial charge in [-0.15, -0.1) is 0 Å². The third kappa shape index (κ3) is 4.96. The molecule has 0 N–H and O–H groups in total. The second kappa shape index (κ2) is 7.74. The first-order valence-electron chi connectivity index (χ1n) is 6.81. The molecule has 0 radical (unpaired) electrons. The van der Waals surface area contributed by atoms with E-state index in [2.05, 4.69) is 0 Å². The van der Waals surface area contributed by atoms with Gasteiger partial charge in [0.25, 0.3) is 5.69 Å². The minimum atomic E-state index is -0.521. The van der Waals surface area contributed by atoms with Crippen LogP contribution in [0, 0.1) is 10.1 Å². The van der Waals surface area contributed by atoms with Crippen LogP contribution in [0.1, 0.15) is 11.1 Å². The van der Waals surface area contributed by atoms with Crippen LogP contribution in [0.5, 0.6) is 5.75 Å². The largest absolute Gasteiger partial charge is 0.497 e. The minimum Gasteiger partial charge on any atom is -0.497 e. The predicted molar refractivity (Wildman–Crippen MR) is 84.9 cm³/mol. The molecule has 0 unspecified atom stereocenters. The van der Waals surface area contributed by atoms with Crippen molar-refractivity contribution in [3.8, 4) is 5.75 Å². The summed E-state index contributed by atoms with van der Waals surface area (Å²) in [6.07, 6.45) is 2.71. The van der Waals surface area contributed by atoms with Gasteiger partial charge in [-0.3, -0.25) is 10.1 Å². The Morgan fingerprint density at radius 2 is 1.96 bits per heavy atom. The summed E-state index contributed by atoms with van der Waals surface area (Å²) in [6.45, 7) is 0.141. The molecule has 0 heterocycles. The first-order chi connectivity index (χ1) is 11.1. The van der Waals surface area contributed by atoms with Gasteiger partial charge in [0.1, 0.15) is 12.4 Å². The standard InChI is InChI=1S/C17H15NO5/c1-22-16-8-5-14(6-9-16)12-23-17(19)10-7-13-3-2-4-15(11-13)18(20)21/h2-11H,12H2,1H3/b10-7+. The lowest BCUT2D eigenvalue weighted by Gasteiger charge is -2.04. The molecule has 23 heavy (non-hydrogen) atoms. The van der Waals surface area contributed by atoms with E-state index in [9.17, 15) is 14.9 Å². The van der Waals surface area contributed by atoms with Crippen molar-refractivity contribution in [1.29, 1.82) is 0 Å². The Labute approximate surface area is 133 Å². The van der Waals surface area contributed by atoms with E-state index in [1.807, 2.05) is 0 Å². The van der Waals surface area contributed by atoms with E-state index in [0.717, 1.165) is 11.3 Å². The number of hydrogen-bond acceptors (Lipinski definition) is 5. The third-order valence-electron chi connectivity index (χ3n) is 3.03.